The van der Waals surface area contributed by atoms with Crippen LogP contribution in [0.15, 0.2) is 0 Å². The fraction of sp³-hybridized carbons (Fsp3) is 0.824. The van der Waals surface area contributed by atoms with Gasteiger partial charge < -0.3 is 16.4 Å². The molecule has 0 radical (unpaired) electrons. The summed E-state index contributed by atoms with van der Waals surface area (Å²) in [6.45, 7) is 3.23. The summed E-state index contributed by atoms with van der Waals surface area (Å²) in [5, 5.41) is 17.7. The number of carboxylic acids is 1. The van der Waals surface area contributed by atoms with Gasteiger partial charge in [-0.05, 0) is 12.8 Å². The van der Waals surface area contributed by atoms with Crippen LogP contribution in [0.1, 0.15) is 78.1 Å². The van der Waals surface area contributed by atoms with Crippen molar-refractivity contribution in [2.24, 2.45) is 5.92 Å². The third-order valence-electron chi connectivity index (χ3n) is 4.04. The highest BCUT2D eigenvalue weighted by atomic mass is 16.4. The van der Waals surface area contributed by atoms with E-state index in [0.717, 1.165) is 19.3 Å². The van der Waals surface area contributed by atoms with Crippen LogP contribution in [-0.2, 0) is 9.59 Å². The Morgan fingerprint density at radius 2 is 1.38 bits per heavy atom. The molecule has 5 N–H and O–H groups in total. The predicted octanol–water partition coefficient (Wildman–Crippen LogP) is 4.30. The third kappa shape index (κ3) is 11.0. The number of carbonyl (C=O) groups is 3. The van der Waals surface area contributed by atoms with E-state index in [1.54, 1.807) is 0 Å². The molecular weight excluding hydrogens is 312 g/mol. The second kappa shape index (κ2) is 14.9. The Morgan fingerprint density at radius 1 is 0.875 bits per heavy atom. The normalized spacial score (nSPS) is 11.4. The molecule has 0 aliphatic rings. The zero-order chi connectivity index (χ0) is 17.7. The van der Waals surface area contributed by atoms with E-state index in [-0.39, 0.29) is 6.15 Å². The minimum Gasteiger partial charge on any atom is -0.480 e. The van der Waals surface area contributed by atoms with Crippen LogP contribution in [0.5, 0.6) is 0 Å². The Hall–Kier alpha value is -1.63. The molecular formula is C17H34N2O5. The van der Waals surface area contributed by atoms with E-state index in [2.05, 4.69) is 6.92 Å². The van der Waals surface area contributed by atoms with Crippen molar-refractivity contribution in [1.29, 1.82) is 0 Å². The first kappa shape index (κ1) is 24.6. The molecule has 0 heterocycles. The Bertz CT molecular complexity index is 374. The van der Waals surface area contributed by atoms with Gasteiger partial charge in [0.25, 0.3) is 0 Å². The summed E-state index contributed by atoms with van der Waals surface area (Å²) in [6.07, 6.45) is 8.92. The van der Waals surface area contributed by atoms with Crippen LogP contribution < -0.4 is 6.15 Å². The average molecular weight is 346 g/mol. The van der Waals surface area contributed by atoms with E-state index >= 15 is 0 Å². The van der Waals surface area contributed by atoms with Gasteiger partial charge in [0.15, 0.2) is 0 Å². The maximum absolute atomic E-state index is 12.2. The van der Waals surface area contributed by atoms with Crippen molar-refractivity contribution in [3.63, 3.8) is 0 Å². The van der Waals surface area contributed by atoms with Crippen LogP contribution in [0.25, 0.3) is 0 Å². The molecule has 0 saturated carbocycles. The largest absolute Gasteiger partial charge is 0.480 e. The Kier molecular flexibility index (Phi) is 15.3. The van der Waals surface area contributed by atoms with Crippen LogP contribution in [0.2, 0.25) is 0 Å². The van der Waals surface area contributed by atoms with Crippen molar-refractivity contribution >= 4 is 18.0 Å². The number of hydrogen-bond acceptors (Lipinski definition) is 4. The quantitative estimate of drug-likeness (QED) is 0.426. The standard InChI is InChI=1S/C17H31NO5.H3N/c1-3-5-6-7-8-9-10-11-12-14(4-2)16(21)18(17(22)23)13-15(19)20;/h14H,3-13H2,1-2H3,(H,19,20)(H,22,23);1H3. The summed E-state index contributed by atoms with van der Waals surface area (Å²) >= 11 is 0. The van der Waals surface area contributed by atoms with Crippen LogP contribution in [0.3, 0.4) is 0 Å². The minimum atomic E-state index is -1.49. The molecule has 0 spiro atoms. The number of aliphatic carboxylic acids is 1. The maximum Gasteiger partial charge on any atom is 0.414 e. The van der Waals surface area contributed by atoms with Crippen molar-refractivity contribution < 1.29 is 24.6 Å². The van der Waals surface area contributed by atoms with Crippen molar-refractivity contribution in [2.45, 2.75) is 78.1 Å². The Morgan fingerprint density at radius 3 is 1.79 bits per heavy atom. The first-order chi connectivity index (χ1) is 10.9. The van der Waals surface area contributed by atoms with Gasteiger partial charge >= 0.3 is 12.1 Å². The number of nitrogens with zero attached hydrogens (tertiary/aromatic N) is 1. The molecule has 142 valence electrons. The molecule has 0 aromatic heterocycles. The lowest BCUT2D eigenvalue weighted by molar-refractivity contribution is -0.144. The molecule has 7 nitrogen and oxygen atoms in total. The Labute approximate surface area is 145 Å². The van der Waals surface area contributed by atoms with Gasteiger partial charge in [0.2, 0.25) is 5.91 Å². The van der Waals surface area contributed by atoms with Crippen LogP contribution >= 0.6 is 0 Å². The first-order valence-electron chi connectivity index (χ1n) is 8.70. The van der Waals surface area contributed by atoms with E-state index in [4.69, 9.17) is 10.2 Å². The lowest BCUT2D eigenvalue weighted by Crippen LogP contribution is -2.43. The number of unbranched alkanes of at least 4 members (excludes halogenated alkanes) is 7. The highest BCUT2D eigenvalue weighted by molar-refractivity contribution is 5.95. The second-order valence-corrected chi connectivity index (χ2v) is 5.97. The fourth-order valence-corrected chi connectivity index (χ4v) is 2.62. The smallest absolute Gasteiger partial charge is 0.414 e. The van der Waals surface area contributed by atoms with Crippen LogP contribution in [-0.4, -0.2) is 39.6 Å². The maximum atomic E-state index is 12.2. The summed E-state index contributed by atoms with van der Waals surface area (Å²) in [5.41, 5.74) is 0. The molecule has 24 heavy (non-hydrogen) atoms. The molecule has 0 aliphatic carbocycles. The summed E-state index contributed by atoms with van der Waals surface area (Å²) in [4.78, 5) is 34.3. The molecule has 0 saturated heterocycles. The molecule has 1 atom stereocenters. The van der Waals surface area contributed by atoms with Crippen molar-refractivity contribution in [2.75, 3.05) is 6.54 Å². The number of amides is 2. The van der Waals surface area contributed by atoms with Crippen molar-refractivity contribution in [3.8, 4) is 0 Å². The number of carbonyl (C=O) groups excluding carboxylic acids is 1. The van der Waals surface area contributed by atoms with E-state index in [1.165, 1.54) is 32.1 Å². The SMILES string of the molecule is CCCCCCCCCCC(CC)C(=O)N(CC(=O)O)C(=O)O.N. The molecule has 2 amide bonds. The van der Waals surface area contributed by atoms with E-state index < -0.39 is 30.4 Å². The van der Waals surface area contributed by atoms with Gasteiger partial charge in [-0.1, -0.05) is 65.2 Å². The second-order valence-electron chi connectivity index (χ2n) is 5.97. The van der Waals surface area contributed by atoms with Crippen molar-refractivity contribution in [1.82, 2.24) is 11.1 Å². The minimum absolute atomic E-state index is 0. The van der Waals surface area contributed by atoms with Gasteiger partial charge in [-0.2, -0.15) is 0 Å². The molecule has 1 unspecified atom stereocenters. The number of carboxylic acid groups (broad SMARTS) is 2. The van der Waals surface area contributed by atoms with Crippen LogP contribution in [0, 0.1) is 5.92 Å². The van der Waals surface area contributed by atoms with Gasteiger partial charge in [0.1, 0.15) is 6.54 Å². The van der Waals surface area contributed by atoms with Gasteiger partial charge in [-0.25, -0.2) is 9.69 Å². The molecule has 0 rings (SSSR count). The zero-order valence-corrected chi connectivity index (χ0v) is 15.1. The average Bonchev–Trinajstić information content (AvgIpc) is 2.50. The highest BCUT2D eigenvalue weighted by Gasteiger charge is 2.28. The summed E-state index contributed by atoms with van der Waals surface area (Å²) in [7, 11) is 0. The van der Waals surface area contributed by atoms with Gasteiger partial charge in [0, 0.05) is 5.92 Å². The van der Waals surface area contributed by atoms with Gasteiger partial charge in [-0.15, -0.1) is 0 Å². The topological polar surface area (TPSA) is 130 Å². The lowest BCUT2D eigenvalue weighted by Gasteiger charge is -2.21. The molecule has 0 aliphatic heterocycles. The fourth-order valence-electron chi connectivity index (χ4n) is 2.62. The molecule has 0 fully saturated rings. The predicted molar refractivity (Wildman–Crippen MR) is 93.4 cm³/mol. The zero-order valence-electron chi connectivity index (χ0n) is 15.1. The summed E-state index contributed by atoms with van der Waals surface area (Å²) in [6, 6.07) is 0. The number of hydrogen-bond donors (Lipinski definition) is 3. The molecule has 7 heteroatoms. The van der Waals surface area contributed by atoms with Crippen molar-refractivity contribution in [3.05, 3.63) is 0 Å². The summed E-state index contributed by atoms with van der Waals surface area (Å²) in [5.74, 6) is -2.32. The van der Waals surface area contributed by atoms with E-state index in [1.807, 2.05) is 6.92 Å². The summed E-state index contributed by atoms with van der Waals surface area (Å²) < 4.78 is 0. The first-order valence-corrected chi connectivity index (χ1v) is 8.70. The monoisotopic (exact) mass is 346 g/mol. The van der Waals surface area contributed by atoms with E-state index in [0.29, 0.717) is 17.7 Å². The Balaban J connectivity index is 0. The number of imide groups is 1. The van der Waals surface area contributed by atoms with Gasteiger partial charge in [0.05, 0.1) is 0 Å². The lowest BCUT2D eigenvalue weighted by atomic mass is 9.96. The molecule has 0 aromatic rings. The molecule has 0 bridgehead atoms. The highest BCUT2D eigenvalue weighted by Crippen LogP contribution is 2.18. The number of rotatable bonds is 13. The van der Waals surface area contributed by atoms with Crippen LogP contribution in [0.4, 0.5) is 4.79 Å². The third-order valence-corrected chi connectivity index (χ3v) is 4.04. The van der Waals surface area contributed by atoms with Gasteiger partial charge in [-0.3, -0.25) is 9.59 Å². The molecule has 0 aromatic carbocycles. The van der Waals surface area contributed by atoms with E-state index in [9.17, 15) is 14.4 Å².